The Hall–Kier alpha value is -1.16. The second-order valence-corrected chi connectivity index (χ2v) is 1.57. The molecule has 0 unspecified atom stereocenters. The molecule has 0 spiro atoms. The van der Waals surface area contributed by atoms with Crippen LogP contribution in [-0.4, -0.2) is 5.91 Å². The van der Waals surface area contributed by atoms with Crippen LogP contribution in [-0.2, 0) is 0 Å². The number of primary amides is 1. The van der Waals surface area contributed by atoms with Crippen LogP contribution in [0.4, 0.5) is 5.69 Å². The molecule has 1 aromatic heterocycles. The molecule has 0 aliphatic heterocycles. The molecule has 1 aromatic rings. The standard InChI is InChI=1S/C5H6N2O2.ClH/c6-3-1-2-9-4(3)5(7)8;/h1-2H,6H2,(H2,7,8);1H. The molecule has 4 nitrogen and oxygen atoms in total. The van der Waals surface area contributed by atoms with Gasteiger partial charge in [-0.3, -0.25) is 4.79 Å². The van der Waals surface area contributed by atoms with E-state index in [9.17, 15) is 4.79 Å². The van der Waals surface area contributed by atoms with E-state index in [1.807, 2.05) is 0 Å². The second kappa shape index (κ2) is 3.12. The summed E-state index contributed by atoms with van der Waals surface area (Å²) in [6.45, 7) is 0. The lowest BCUT2D eigenvalue weighted by molar-refractivity contribution is 0.0975. The Bertz CT molecular complexity index is 233. The molecule has 1 heterocycles. The molecular formula is C5H7ClN2O2. The third-order valence-corrected chi connectivity index (χ3v) is 0.919. The third kappa shape index (κ3) is 1.41. The Kier molecular flexibility index (Phi) is 2.76. The summed E-state index contributed by atoms with van der Waals surface area (Å²) >= 11 is 0. The van der Waals surface area contributed by atoms with Crippen molar-refractivity contribution in [1.82, 2.24) is 0 Å². The largest absolute Gasteiger partial charge is 0.457 e. The van der Waals surface area contributed by atoms with Crippen LogP contribution in [0.3, 0.4) is 0 Å². The quantitative estimate of drug-likeness (QED) is 0.627. The lowest BCUT2D eigenvalue weighted by Crippen LogP contribution is -2.11. The summed E-state index contributed by atoms with van der Waals surface area (Å²) in [7, 11) is 0. The molecule has 10 heavy (non-hydrogen) atoms. The van der Waals surface area contributed by atoms with Gasteiger partial charge in [0.15, 0.2) is 0 Å². The minimum atomic E-state index is -0.641. The highest BCUT2D eigenvalue weighted by molar-refractivity contribution is 5.94. The average Bonchev–Trinajstić information content (AvgIpc) is 2.13. The first-order chi connectivity index (χ1) is 4.22. The normalized spacial score (nSPS) is 8.40. The van der Waals surface area contributed by atoms with E-state index >= 15 is 0 Å². The molecule has 0 fully saturated rings. The number of furan rings is 1. The first kappa shape index (κ1) is 8.84. The number of carbonyl (C=O) groups excluding carboxylic acids is 1. The molecule has 4 N–H and O–H groups in total. The zero-order valence-corrected chi connectivity index (χ0v) is 5.85. The van der Waals surface area contributed by atoms with E-state index in [-0.39, 0.29) is 23.9 Å². The lowest BCUT2D eigenvalue weighted by Gasteiger charge is -1.86. The summed E-state index contributed by atoms with van der Waals surface area (Å²) in [4.78, 5) is 10.3. The topological polar surface area (TPSA) is 82.2 Å². The van der Waals surface area contributed by atoms with Crippen molar-refractivity contribution in [2.24, 2.45) is 5.73 Å². The second-order valence-electron chi connectivity index (χ2n) is 1.57. The van der Waals surface area contributed by atoms with Crippen LogP contribution in [0.25, 0.3) is 0 Å². The van der Waals surface area contributed by atoms with Gasteiger partial charge in [0.25, 0.3) is 5.91 Å². The number of carbonyl (C=O) groups is 1. The van der Waals surface area contributed by atoms with Gasteiger partial charge in [0.1, 0.15) is 0 Å². The van der Waals surface area contributed by atoms with Crippen LogP contribution >= 0.6 is 12.4 Å². The van der Waals surface area contributed by atoms with E-state index in [4.69, 9.17) is 11.5 Å². The Morgan fingerprint density at radius 2 is 2.20 bits per heavy atom. The van der Waals surface area contributed by atoms with E-state index in [1.165, 1.54) is 12.3 Å². The maximum Gasteiger partial charge on any atom is 0.286 e. The monoisotopic (exact) mass is 162 g/mol. The summed E-state index contributed by atoms with van der Waals surface area (Å²) in [5, 5.41) is 0. The van der Waals surface area contributed by atoms with E-state index in [0.29, 0.717) is 0 Å². The maximum absolute atomic E-state index is 10.3. The van der Waals surface area contributed by atoms with Gasteiger partial charge in [-0.1, -0.05) is 0 Å². The number of nitrogen functional groups attached to an aromatic ring is 1. The predicted molar refractivity (Wildman–Crippen MR) is 38.9 cm³/mol. The van der Waals surface area contributed by atoms with Crippen LogP contribution in [0.2, 0.25) is 0 Å². The molecular weight excluding hydrogens is 156 g/mol. The van der Waals surface area contributed by atoms with Gasteiger partial charge < -0.3 is 15.9 Å². The Morgan fingerprint density at radius 1 is 1.60 bits per heavy atom. The van der Waals surface area contributed by atoms with Crippen molar-refractivity contribution >= 4 is 24.0 Å². The number of nitrogens with two attached hydrogens (primary N) is 2. The molecule has 56 valence electrons. The number of rotatable bonds is 1. The number of amides is 1. The van der Waals surface area contributed by atoms with Crippen LogP contribution in [0, 0.1) is 0 Å². The van der Waals surface area contributed by atoms with Gasteiger partial charge >= 0.3 is 0 Å². The Balaban J connectivity index is 0.000000810. The molecule has 0 saturated carbocycles. The molecule has 0 bridgehead atoms. The fourth-order valence-corrected chi connectivity index (χ4v) is 0.519. The van der Waals surface area contributed by atoms with Crippen molar-refractivity contribution in [2.45, 2.75) is 0 Å². The minimum Gasteiger partial charge on any atom is -0.457 e. The van der Waals surface area contributed by atoms with Gasteiger partial charge in [-0.05, 0) is 0 Å². The Labute approximate surface area is 63.6 Å². The zero-order chi connectivity index (χ0) is 6.85. The van der Waals surface area contributed by atoms with Crippen molar-refractivity contribution in [2.75, 3.05) is 5.73 Å². The number of hydrogen-bond acceptors (Lipinski definition) is 3. The van der Waals surface area contributed by atoms with Crippen molar-refractivity contribution in [1.29, 1.82) is 0 Å². The zero-order valence-electron chi connectivity index (χ0n) is 5.03. The van der Waals surface area contributed by atoms with Crippen molar-refractivity contribution in [3.05, 3.63) is 18.1 Å². The summed E-state index contributed by atoms with van der Waals surface area (Å²) in [5.74, 6) is -0.618. The SMILES string of the molecule is Cl.NC(=O)c1occc1N. The van der Waals surface area contributed by atoms with Crippen molar-refractivity contribution in [3.8, 4) is 0 Å². The maximum atomic E-state index is 10.3. The highest BCUT2D eigenvalue weighted by atomic mass is 35.5. The predicted octanol–water partition coefficient (Wildman–Crippen LogP) is 0.383. The van der Waals surface area contributed by atoms with Crippen LogP contribution in [0.5, 0.6) is 0 Å². The molecule has 0 aliphatic carbocycles. The van der Waals surface area contributed by atoms with E-state index in [1.54, 1.807) is 0 Å². The number of anilines is 1. The third-order valence-electron chi connectivity index (χ3n) is 0.919. The van der Waals surface area contributed by atoms with Gasteiger partial charge in [0, 0.05) is 6.07 Å². The van der Waals surface area contributed by atoms with Gasteiger partial charge in [-0.2, -0.15) is 0 Å². The van der Waals surface area contributed by atoms with Crippen molar-refractivity contribution < 1.29 is 9.21 Å². The number of hydrogen-bond donors (Lipinski definition) is 2. The first-order valence-corrected chi connectivity index (χ1v) is 2.34. The van der Waals surface area contributed by atoms with E-state index in [2.05, 4.69) is 4.42 Å². The van der Waals surface area contributed by atoms with Gasteiger partial charge in [0.05, 0.1) is 12.0 Å². The summed E-state index contributed by atoms with van der Waals surface area (Å²) in [6.07, 6.45) is 1.31. The summed E-state index contributed by atoms with van der Waals surface area (Å²) in [5.41, 5.74) is 10.4. The molecule has 0 radical (unpaired) electrons. The van der Waals surface area contributed by atoms with E-state index < -0.39 is 5.91 Å². The smallest absolute Gasteiger partial charge is 0.286 e. The number of halogens is 1. The highest BCUT2D eigenvalue weighted by Crippen LogP contribution is 2.10. The molecule has 0 aliphatic rings. The molecule has 0 saturated heterocycles. The molecule has 0 atom stereocenters. The molecule has 1 rings (SSSR count). The summed E-state index contributed by atoms with van der Waals surface area (Å²) in [6, 6.07) is 1.47. The van der Waals surface area contributed by atoms with Crippen LogP contribution in [0.15, 0.2) is 16.7 Å². The lowest BCUT2D eigenvalue weighted by atomic mass is 10.4. The minimum absolute atomic E-state index is 0. The highest BCUT2D eigenvalue weighted by Gasteiger charge is 2.06. The van der Waals surface area contributed by atoms with Gasteiger partial charge in [-0.25, -0.2) is 0 Å². The van der Waals surface area contributed by atoms with Crippen LogP contribution in [0.1, 0.15) is 10.6 Å². The Morgan fingerprint density at radius 3 is 2.40 bits per heavy atom. The fraction of sp³-hybridized carbons (Fsp3) is 0. The summed E-state index contributed by atoms with van der Waals surface area (Å²) < 4.78 is 4.63. The van der Waals surface area contributed by atoms with E-state index in [0.717, 1.165) is 0 Å². The van der Waals surface area contributed by atoms with Crippen molar-refractivity contribution in [3.63, 3.8) is 0 Å². The van der Waals surface area contributed by atoms with Gasteiger partial charge in [0.2, 0.25) is 5.76 Å². The molecule has 0 aromatic carbocycles. The average molecular weight is 163 g/mol. The fourth-order valence-electron chi connectivity index (χ4n) is 0.519. The molecule has 5 heteroatoms. The van der Waals surface area contributed by atoms with Gasteiger partial charge in [-0.15, -0.1) is 12.4 Å². The molecule has 1 amide bonds. The first-order valence-electron chi connectivity index (χ1n) is 2.34. The van der Waals surface area contributed by atoms with Crippen LogP contribution < -0.4 is 11.5 Å².